The first-order valence-corrected chi connectivity index (χ1v) is 8.41. The lowest BCUT2D eigenvalue weighted by Gasteiger charge is -2.10. The first-order valence-electron chi connectivity index (χ1n) is 6.48. The van der Waals surface area contributed by atoms with E-state index in [1.807, 2.05) is 0 Å². The minimum Gasteiger partial charge on any atom is -0.483 e. The molecule has 0 saturated carbocycles. The molecule has 9 heteroatoms. The third-order valence-corrected chi connectivity index (χ3v) is 3.98. The van der Waals surface area contributed by atoms with Crippen LogP contribution in [0.5, 0.6) is 5.75 Å². The highest BCUT2D eigenvalue weighted by molar-refractivity contribution is 9.10. The molecule has 2 aromatic carbocycles. The molecule has 0 atom stereocenters. The van der Waals surface area contributed by atoms with Gasteiger partial charge in [0.15, 0.2) is 6.61 Å². The second-order valence-corrected chi connectivity index (χ2v) is 6.69. The van der Waals surface area contributed by atoms with Gasteiger partial charge in [-0.15, -0.1) is 0 Å². The number of hydrogen-bond acceptors (Lipinski definition) is 3. The number of hydrogen-bond donors (Lipinski definition) is 2. The van der Waals surface area contributed by atoms with Gasteiger partial charge in [-0.1, -0.05) is 34.8 Å². The maximum Gasteiger partial charge on any atom is 0.276 e. The average molecular weight is 453 g/mol. The summed E-state index contributed by atoms with van der Waals surface area (Å²) in [5.74, 6) is -0.652. The largest absolute Gasteiger partial charge is 0.483 e. The monoisotopic (exact) mass is 450 g/mol. The van der Waals surface area contributed by atoms with Crippen molar-refractivity contribution in [3.05, 3.63) is 61.5 Å². The minimum absolute atomic E-state index is 0.217. The summed E-state index contributed by atoms with van der Waals surface area (Å²) in [6.45, 7) is -0.295. The Morgan fingerprint density at radius 3 is 2.25 bits per heavy atom. The number of halogens is 4. The van der Waals surface area contributed by atoms with Gasteiger partial charge >= 0.3 is 0 Å². The van der Waals surface area contributed by atoms with Crippen molar-refractivity contribution in [2.24, 2.45) is 0 Å². The first-order chi connectivity index (χ1) is 11.3. The van der Waals surface area contributed by atoms with Gasteiger partial charge in [0, 0.05) is 20.6 Å². The quantitative estimate of drug-likeness (QED) is 0.682. The topological polar surface area (TPSA) is 67.4 Å². The number of rotatable bonds is 4. The Morgan fingerprint density at radius 1 is 0.958 bits per heavy atom. The fourth-order valence-electron chi connectivity index (χ4n) is 1.66. The van der Waals surface area contributed by atoms with E-state index in [-0.39, 0.29) is 12.2 Å². The van der Waals surface area contributed by atoms with Crippen LogP contribution in [0.25, 0.3) is 0 Å². The molecule has 0 heterocycles. The Bertz CT molecular complexity index is 766. The van der Waals surface area contributed by atoms with Crippen molar-refractivity contribution >= 4 is 62.5 Å². The first kappa shape index (κ1) is 18.9. The van der Waals surface area contributed by atoms with Gasteiger partial charge in [-0.2, -0.15) is 0 Å². The lowest BCUT2D eigenvalue weighted by molar-refractivity contribution is -0.123. The van der Waals surface area contributed by atoms with Crippen molar-refractivity contribution in [3.8, 4) is 5.75 Å². The zero-order chi connectivity index (χ0) is 17.7. The highest BCUT2D eigenvalue weighted by atomic mass is 79.9. The number of amides is 2. The predicted molar refractivity (Wildman–Crippen MR) is 96.7 cm³/mol. The van der Waals surface area contributed by atoms with Crippen LogP contribution in [-0.4, -0.2) is 18.4 Å². The molecule has 0 spiro atoms. The summed E-state index contributed by atoms with van der Waals surface area (Å²) >= 11 is 20.7. The van der Waals surface area contributed by atoms with E-state index in [4.69, 9.17) is 39.5 Å². The Kier molecular flexibility index (Phi) is 6.74. The third kappa shape index (κ3) is 5.56. The van der Waals surface area contributed by atoms with Crippen molar-refractivity contribution in [1.82, 2.24) is 10.9 Å². The van der Waals surface area contributed by atoms with E-state index < -0.39 is 11.8 Å². The van der Waals surface area contributed by atoms with Crippen LogP contribution >= 0.6 is 50.7 Å². The van der Waals surface area contributed by atoms with Gasteiger partial charge < -0.3 is 4.74 Å². The molecule has 5 nitrogen and oxygen atoms in total. The fraction of sp³-hybridized carbons (Fsp3) is 0.0667. The van der Waals surface area contributed by atoms with Crippen LogP contribution in [-0.2, 0) is 4.79 Å². The number of carbonyl (C=O) groups is 2. The molecule has 2 rings (SSSR count). The molecular weight excluding hydrogens is 442 g/mol. The molecule has 0 bridgehead atoms. The standard InChI is InChI=1S/C15H10BrCl3N2O3/c16-12-6-9(17)1-2-13(12)24-7-14(22)20-21-15(23)8-3-10(18)5-11(19)4-8/h1-6H,7H2,(H,20,22)(H,21,23). The maximum atomic E-state index is 11.9. The molecule has 0 fully saturated rings. The van der Waals surface area contributed by atoms with Gasteiger partial charge in [0.1, 0.15) is 5.75 Å². The molecule has 0 unspecified atom stereocenters. The lowest BCUT2D eigenvalue weighted by Crippen LogP contribution is -2.43. The summed E-state index contributed by atoms with van der Waals surface area (Å²) in [4.78, 5) is 23.6. The number of ether oxygens (including phenoxy) is 1. The molecule has 0 aliphatic rings. The van der Waals surface area contributed by atoms with Gasteiger partial charge in [0.05, 0.1) is 4.47 Å². The molecule has 126 valence electrons. The van der Waals surface area contributed by atoms with E-state index >= 15 is 0 Å². The summed E-state index contributed by atoms with van der Waals surface area (Å²) in [6, 6.07) is 9.23. The third-order valence-electron chi connectivity index (χ3n) is 2.69. The Hall–Kier alpha value is -1.47. The van der Waals surface area contributed by atoms with Crippen LogP contribution in [0, 0.1) is 0 Å². The van der Waals surface area contributed by atoms with E-state index in [1.54, 1.807) is 18.2 Å². The normalized spacial score (nSPS) is 10.2. The van der Waals surface area contributed by atoms with E-state index in [0.717, 1.165) is 0 Å². The second kappa shape index (κ2) is 8.58. The van der Waals surface area contributed by atoms with Crippen molar-refractivity contribution in [3.63, 3.8) is 0 Å². The molecule has 0 aliphatic heterocycles. The maximum absolute atomic E-state index is 11.9. The number of benzene rings is 2. The Labute approximate surface area is 161 Å². The molecular formula is C15H10BrCl3N2O3. The smallest absolute Gasteiger partial charge is 0.276 e. The SMILES string of the molecule is O=C(COc1ccc(Cl)cc1Br)NNC(=O)c1cc(Cl)cc(Cl)c1. The van der Waals surface area contributed by atoms with Crippen molar-refractivity contribution in [1.29, 1.82) is 0 Å². The molecule has 24 heavy (non-hydrogen) atoms. The highest BCUT2D eigenvalue weighted by Crippen LogP contribution is 2.27. The molecule has 0 saturated heterocycles. The Balaban J connectivity index is 1.85. The zero-order valence-corrected chi connectivity index (χ0v) is 15.8. The van der Waals surface area contributed by atoms with Gasteiger partial charge in [-0.05, 0) is 52.3 Å². The summed E-state index contributed by atoms with van der Waals surface area (Å²) in [5, 5.41) is 1.16. The molecule has 2 amide bonds. The molecule has 0 radical (unpaired) electrons. The summed E-state index contributed by atoms with van der Waals surface area (Å²) in [6.07, 6.45) is 0. The number of nitrogens with one attached hydrogen (secondary N) is 2. The highest BCUT2D eigenvalue weighted by Gasteiger charge is 2.10. The van der Waals surface area contributed by atoms with Gasteiger partial charge in [-0.25, -0.2) is 0 Å². The number of carbonyl (C=O) groups excluding carboxylic acids is 2. The van der Waals surface area contributed by atoms with E-state index in [2.05, 4.69) is 26.8 Å². The average Bonchev–Trinajstić information content (AvgIpc) is 2.50. The van der Waals surface area contributed by atoms with Crippen molar-refractivity contribution in [2.75, 3.05) is 6.61 Å². The summed E-state index contributed by atoms with van der Waals surface area (Å²) in [5.41, 5.74) is 4.69. The molecule has 0 aromatic heterocycles. The predicted octanol–water partition coefficient (Wildman–Crippen LogP) is 4.25. The summed E-state index contributed by atoms with van der Waals surface area (Å²) < 4.78 is 5.93. The van der Waals surface area contributed by atoms with Crippen LogP contribution in [0.4, 0.5) is 0 Å². The van der Waals surface area contributed by atoms with E-state index in [0.29, 0.717) is 25.3 Å². The molecule has 2 aromatic rings. The molecule has 0 aliphatic carbocycles. The van der Waals surface area contributed by atoms with Gasteiger partial charge in [0.25, 0.3) is 11.8 Å². The van der Waals surface area contributed by atoms with E-state index in [9.17, 15) is 9.59 Å². The summed E-state index contributed by atoms with van der Waals surface area (Å²) in [7, 11) is 0. The van der Waals surface area contributed by atoms with Crippen LogP contribution in [0.15, 0.2) is 40.9 Å². The minimum atomic E-state index is -0.555. The lowest BCUT2D eigenvalue weighted by atomic mass is 10.2. The fourth-order valence-corrected chi connectivity index (χ4v) is 2.98. The van der Waals surface area contributed by atoms with Crippen molar-refractivity contribution < 1.29 is 14.3 Å². The van der Waals surface area contributed by atoms with Crippen LogP contribution in [0.1, 0.15) is 10.4 Å². The van der Waals surface area contributed by atoms with Crippen molar-refractivity contribution in [2.45, 2.75) is 0 Å². The zero-order valence-electron chi connectivity index (χ0n) is 11.9. The van der Waals surface area contributed by atoms with Gasteiger partial charge in [0.2, 0.25) is 0 Å². The number of hydrazine groups is 1. The second-order valence-electron chi connectivity index (χ2n) is 4.52. The Morgan fingerprint density at radius 2 is 1.62 bits per heavy atom. The van der Waals surface area contributed by atoms with Crippen LogP contribution < -0.4 is 15.6 Å². The molecule has 2 N–H and O–H groups in total. The van der Waals surface area contributed by atoms with E-state index in [1.165, 1.54) is 18.2 Å². The van der Waals surface area contributed by atoms with Crippen LogP contribution in [0.3, 0.4) is 0 Å². The van der Waals surface area contributed by atoms with Gasteiger partial charge in [-0.3, -0.25) is 20.4 Å². The van der Waals surface area contributed by atoms with Crippen LogP contribution in [0.2, 0.25) is 15.1 Å².